The molecule has 1 aliphatic rings. The molecule has 5 rings (SSSR count). The fourth-order valence-electron chi connectivity index (χ4n) is 5.11. The van der Waals surface area contributed by atoms with Crippen molar-refractivity contribution in [3.05, 3.63) is 92.2 Å². The number of aromatic amines is 1. The average molecular weight is 598 g/mol. The number of amides is 3. The average Bonchev–Trinajstić information content (AvgIpc) is 3.61. The lowest BCUT2D eigenvalue weighted by Crippen LogP contribution is -2.61. The third-order valence-electron chi connectivity index (χ3n) is 7.23. The number of H-pyrrole nitrogens is 1. The lowest BCUT2D eigenvalue weighted by Gasteiger charge is -2.40. The molecule has 1 atom stereocenters. The van der Waals surface area contributed by atoms with Gasteiger partial charge in [0.05, 0.1) is 13.0 Å². The van der Waals surface area contributed by atoms with E-state index in [0.29, 0.717) is 48.9 Å². The van der Waals surface area contributed by atoms with Gasteiger partial charge in [-0.25, -0.2) is 0 Å². The van der Waals surface area contributed by atoms with Gasteiger partial charge in [0.25, 0.3) is 0 Å². The first-order valence-corrected chi connectivity index (χ1v) is 14.9. The van der Waals surface area contributed by atoms with Crippen LogP contribution in [-0.4, -0.2) is 64.7 Å². The molecule has 10 heteroatoms. The van der Waals surface area contributed by atoms with Gasteiger partial charge in [0.15, 0.2) is 0 Å². The third-order valence-corrected chi connectivity index (χ3v) is 8.76. The Hall–Kier alpha value is -3.33. The van der Waals surface area contributed by atoms with Crippen LogP contribution in [-0.2, 0) is 33.6 Å². The summed E-state index contributed by atoms with van der Waals surface area (Å²) in [6.07, 6.45) is 3.64. The van der Waals surface area contributed by atoms with E-state index in [-0.39, 0.29) is 30.7 Å². The van der Waals surface area contributed by atoms with Crippen LogP contribution < -0.4 is 5.32 Å². The van der Waals surface area contributed by atoms with E-state index in [0.717, 1.165) is 26.9 Å². The Morgan fingerprint density at radius 2 is 1.85 bits per heavy atom. The molecule has 1 fully saturated rings. The number of nitrogens with one attached hydrogen (secondary N) is 2. The van der Waals surface area contributed by atoms with Gasteiger partial charge in [0.1, 0.15) is 6.04 Å². The van der Waals surface area contributed by atoms with Gasteiger partial charge in [-0.15, -0.1) is 11.3 Å². The Balaban J connectivity index is 1.24. The minimum atomic E-state index is -0.852. The van der Waals surface area contributed by atoms with Crippen molar-refractivity contribution in [3.8, 4) is 0 Å². The van der Waals surface area contributed by atoms with Crippen molar-refractivity contribution < 1.29 is 14.4 Å². The van der Waals surface area contributed by atoms with Crippen molar-refractivity contribution in [1.29, 1.82) is 0 Å². The van der Waals surface area contributed by atoms with Gasteiger partial charge in [-0.1, -0.05) is 53.5 Å². The van der Waals surface area contributed by atoms with Crippen LogP contribution in [0.3, 0.4) is 0 Å². The summed E-state index contributed by atoms with van der Waals surface area (Å²) in [7, 11) is 0. The lowest BCUT2D eigenvalue weighted by atomic mass is 10.0. The molecule has 1 unspecified atom stereocenters. The first-order chi connectivity index (χ1) is 19.4. The van der Waals surface area contributed by atoms with Crippen LogP contribution in [0.15, 0.2) is 66.2 Å². The zero-order valence-electron chi connectivity index (χ0n) is 21.9. The molecule has 3 amide bonds. The van der Waals surface area contributed by atoms with Crippen molar-refractivity contribution in [2.24, 2.45) is 0 Å². The van der Waals surface area contributed by atoms with Gasteiger partial charge >= 0.3 is 0 Å². The van der Waals surface area contributed by atoms with Crippen molar-refractivity contribution in [2.45, 2.75) is 31.7 Å². The first-order valence-electron chi connectivity index (χ1n) is 13.3. The number of aromatic nitrogens is 1. The molecule has 7 nitrogen and oxygen atoms in total. The first kappa shape index (κ1) is 28.2. The number of halogens is 2. The molecule has 0 aliphatic carbocycles. The molecule has 0 saturated carbocycles. The summed E-state index contributed by atoms with van der Waals surface area (Å²) in [5.74, 6) is -0.632. The number of rotatable bonds is 11. The predicted octanol–water partition coefficient (Wildman–Crippen LogP) is 5.11. The highest BCUT2D eigenvalue weighted by Crippen LogP contribution is 2.23. The molecule has 4 aromatic rings. The molecule has 2 N–H and O–H groups in total. The summed E-state index contributed by atoms with van der Waals surface area (Å²) in [6, 6.07) is 16.4. The SMILES string of the molecule is O=C(CC1C(=O)N(CCc2ccc(Cl)cc2Cl)CC(=O)N1CCc1cccs1)NCCc1c[nH]c2ccccc12. The molecule has 3 heterocycles. The molecular formula is C30H30Cl2N4O3S. The van der Waals surface area contributed by atoms with E-state index in [1.165, 1.54) is 0 Å². The zero-order valence-corrected chi connectivity index (χ0v) is 24.2. The summed E-state index contributed by atoms with van der Waals surface area (Å²) in [5.41, 5.74) is 3.01. The summed E-state index contributed by atoms with van der Waals surface area (Å²) in [4.78, 5) is 47.4. The highest BCUT2D eigenvalue weighted by molar-refractivity contribution is 7.09. The van der Waals surface area contributed by atoms with Crippen LogP contribution in [0.2, 0.25) is 10.0 Å². The van der Waals surface area contributed by atoms with E-state index in [4.69, 9.17) is 23.2 Å². The highest BCUT2D eigenvalue weighted by atomic mass is 35.5. The Kier molecular flexibility index (Phi) is 9.09. The Labute approximate surface area is 247 Å². The molecular weight excluding hydrogens is 567 g/mol. The van der Waals surface area contributed by atoms with E-state index >= 15 is 0 Å². The lowest BCUT2D eigenvalue weighted by molar-refractivity contribution is -0.157. The van der Waals surface area contributed by atoms with E-state index in [9.17, 15) is 14.4 Å². The van der Waals surface area contributed by atoms with Crippen LogP contribution in [0.4, 0.5) is 0 Å². The number of thiophene rings is 1. The molecule has 208 valence electrons. The van der Waals surface area contributed by atoms with Crippen LogP contribution in [0.5, 0.6) is 0 Å². The van der Waals surface area contributed by atoms with Crippen molar-refractivity contribution in [1.82, 2.24) is 20.1 Å². The van der Waals surface area contributed by atoms with Gasteiger partial charge < -0.3 is 20.1 Å². The van der Waals surface area contributed by atoms with Crippen molar-refractivity contribution >= 4 is 63.2 Å². The number of hydrogen-bond donors (Lipinski definition) is 2. The minimum Gasteiger partial charge on any atom is -0.361 e. The van der Waals surface area contributed by atoms with Crippen LogP contribution >= 0.6 is 34.5 Å². The van der Waals surface area contributed by atoms with Crippen LogP contribution in [0.1, 0.15) is 22.4 Å². The number of benzene rings is 2. The number of fused-ring (bicyclic) bond motifs is 1. The standard InChI is InChI=1S/C30H30Cl2N4O3S/c31-22-8-7-20(25(32)16-22)10-13-35-19-29(38)36(14-11-23-4-3-15-40-23)27(30(35)39)17-28(37)33-12-9-21-18-34-26-6-2-1-5-24(21)26/h1-8,15-16,18,27,34H,9-14,17,19H2,(H,33,37). The summed E-state index contributed by atoms with van der Waals surface area (Å²) in [5, 5.41) is 7.12. The summed E-state index contributed by atoms with van der Waals surface area (Å²) >= 11 is 13.9. The van der Waals surface area contributed by atoms with E-state index < -0.39 is 6.04 Å². The number of hydrogen-bond acceptors (Lipinski definition) is 4. The molecule has 1 aliphatic heterocycles. The Bertz CT molecular complexity index is 1500. The quantitative estimate of drug-likeness (QED) is 0.252. The van der Waals surface area contributed by atoms with Gasteiger partial charge in [0.2, 0.25) is 17.7 Å². The van der Waals surface area contributed by atoms with Gasteiger partial charge in [-0.3, -0.25) is 14.4 Å². The topological polar surface area (TPSA) is 85.5 Å². The molecule has 0 bridgehead atoms. The Morgan fingerprint density at radius 1 is 1.00 bits per heavy atom. The second kappa shape index (κ2) is 12.9. The maximum Gasteiger partial charge on any atom is 0.246 e. The number of carbonyl (C=O) groups is 3. The van der Waals surface area contributed by atoms with E-state index in [1.807, 2.05) is 54.0 Å². The van der Waals surface area contributed by atoms with E-state index in [1.54, 1.807) is 33.3 Å². The summed E-state index contributed by atoms with van der Waals surface area (Å²) in [6.45, 7) is 1.12. The molecule has 0 spiro atoms. The van der Waals surface area contributed by atoms with Gasteiger partial charge in [0, 0.05) is 51.7 Å². The monoisotopic (exact) mass is 596 g/mol. The smallest absolute Gasteiger partial charge is 0.246 e. The van der Waals surface area contributed by atoms with E-state index in [2.05, 4.69) is 10.3 Å². The number of nitrogens with zero attached hydrogens (tertiary/aromatic N) is 2. The fourth-order valence-corrected chi connectivity index (χ4v) is 6.31. The molecule has 1 saturated heterocycles. The third kappa shape index (κ3) is 6.69. The van der Waals surface area contributed by atoms with Crippen LogP contribution in [0, 0.1) is 0 Å². The second-order valence-corrected chi connectivity index (χ2v) is 11.7. The summed E-state index contributed by atoms with van der Waals surface area (Å²) < 4.78 is 0. The second-order valence-electron chi connectivity index (χ2n) is 9.84. The fraction of sp³-hybridized carbons (Fsp3) is 0.300. The molecule has 2 aromatic heterocycles. The minimum absolute atomic E-state index is 0.0207. The van der Waals surface area contributed by atoms with Crippen LogP contribution in [0.25, 0.3) is 10.9 Å². The zero-order chi connectivity index (χ0) is 28.1. The predicted molar refractivity (Wildman–Crippen MR) is 160 cm³/mol. The van der Waals surface area contributed by atoms with Gasteiger partial charge in [-0.2, -0.15) is 0 Å². The molecule has 40 heavy (non-hydrogen) atoms. The maximum atomic E-state index is 13.6. The number of carbonyl (C=O) groups excluding carboxylic acids is 3. The normalized spacial score (nSPS) is 15.7. The van der Waals surface area contributed by atoms with Gasteiger partial charge in [-0.05, 0) is 60.0 Å². The largest absolute Gasteiger partial charge is 0.361 e. The molecule has 2 aromatic carbocycles. The Morgan fingerprint density at radius 3 is 2.65 bits per heavy atom. The number of piperazine rings is 1. The van der Waals surface area contributed by atoms with Crippen molar-refractivity contribution in [2.75, 3.05) is 26.2 Å². The van der Waals surface area contributed by atoms with Crippen molar-refractivity contribution in [3.63, 3.8) is 0 Å². The number of para-hydroxylation sites is 1. The molecule has 0 radical (unpaired) electrons. The maximum absolute atomic E-state index is 13.6. The highest BCUT2D eigenvalue weighted by Gasteiger charge is 2.40.